The predicted molar refractivity (Wildman–Crippen MR) is 111 cm³/mol. The summed E-state index contributed by atoms with van der Waals surface area (Å²) in [6.07, 6.45) is -0.0250. The molecule has 2 heterocycles. The molecule has 1 N–H and O–H groups in total. The van der Waals surface area contributed by atoms with E-state index in [0.29, 0.717) is 16.5 Å². The van der Waals surface area contributed by atoms with Crippen molar-refractivity contribution in [1.82, 2.24) is 9.55 Å². The number of para-hydroxylation sites is 1. The third-order valence-corrected chi connectivity index (χ3v) is 4.75. The number of aromatic nitrogens is 2. The maximum atomic E-state index is 13.8. The van der Waals surface area contributed by atoms with Crippen LogP contribution in [0.1, 0.15) is 6.92 Å². The number of fused-ring (bicyclic) bond motifs is 3. The SMILES string of the molecule is CC(OC(=O)Cn1cnc2c(oc3ccccc32)c1=O)C(=O)Nc1ccc(Cl)cc1F. The van der Waals surface area contributed by atoms with E-state index in [1.165, 1.54) is 25.4 Å². The van der Waals surface area contributed by atoms with Crippen molar-refractivity contribution >= 4 is 51.2 Å². The third kappa shape index (κ3) is 4.13. The molecule has 4 rings (SSSR count). The van der Waals surface area contributed by atoms with Crippen LogP contribution in [0.15, 0.2) is 58.0 Å². The van der Waals surface area contributed by atoms with Gasteiger partial charge in [0.25, 0.3) is 11.5 Å². The number of anilines is 1. The zero-order chi connectivity index (χ0) is 22.1. The standard InChI is InChI=1S/C21H15ClFN3O5/c1-11(20(28)25-15-7-6-12(22)8-14(15)23)30-17(27)9-26-10-24-18-13-4-2-3-5-16(13)31-19(18)21(26)29/h2-8,10-11H,9H2,1H3,(H,25,28). The summed E-state index contributed by atoms with van der Waals surface area (Å²) in [6.45, 7) is 0.844. The molecule has 1 atom stereocenters. The smallest absolute Gasteiger partial charge is 0.326 e. The van der Waals surface area contributed by atoms with Gasteiger partial charge in [0, 0.05) is 10.4 Å². The number of rotatable bonds is 5. The summed E-state index contributed by atoms with van der Waals surface area (Å²) in [4.78, 5) is 41.3. The molecule has 1 unspecified atom stereocenters. The van der Waals surface area contributed by atoms with Crippen LogP contribution in [0.2, 0.25) is 5.02 Å². The first kappa shape index (κ1) is 20.5. The van der Waals surface area contributed by atoms with Crippen molar-refractivity contribution in [2.45, 2.75) is 19.6 Å². The van der Waals surface area contributed by atoms with E-state index < -0.39 is 35.9 Å². The number of nitrogens with zero attached hydrogens (tertiary/aromatic N) is 2. The summed E-state index contributed by atoms with van der Waals surface area (Å²) in [5.74, 6) is -2.32. The van der Waals surface area contributed by atoms with E-state index in [0.717, 1.165) is 10.6 Å². The van der Waals surface area contributed by atoms with E-state index in [1.807, 2.05) is 0 Å². The molecule has 0 saturated heterocycles. The molecule has 8 nitrogen and oxygen atoms in total. The largest absolute Gasteiger partial charge is 0.451 e. The van der Waals surface area contributed by atoms with Crippen LogP contribution in [0.3, 0.4) is 0 Å². The molecule has 0 fully saturated rings. The first-order chi connectivity index (χ1) is 14.8. The minimum absolute atomic E-state index is 0.0144. The molecule has 10 heteroatoms. The molecule has 0 aliphatic carbocycles. The van der Waals surface area contributed by atoms with Crippen molar-refractivity contribution in [2.24, 2.45) is 0 Å². The Balaban J connectivity index is 1.46. The van der Waals surface area contributed by atoms with Crippen LogP contribution in [-0.4, -0.2) is 27.5 Å². The fourth-order valence-corrected chi connectivity index (χ4v) is 3.14. The van der Waals surface area contributed by atoms with Crippen LogP contribution in [0.25, 0.3) is 22.1 Å². The highest BCUT2D eigenvalue weighted by atomic mass is 35.5. The zero-order valence-electron chi connectivity index (χ0n) is 16.1. The highest BCUT2D eigenvalue weighted by Gasteiger charge is 2.21. The van der Waals surface area contributed by atoms with Crippen LogP contribution < -0.4 is 10.9 Å². The number of hydrogen-bond donors (Lipinski definition) is 1. The van der Waals surface area contributed by atoms with Gasteiger partial charge in [-0.25, -0.2) is 9.37 Å². The second kappa shape index (κ2) is 8.19. The molecule has 0 bridgehead atoms. The fraction of sp³-hybridized carbons (Fsp3) is 0.143. The fourth-order valence-electron chi connectivity index (χ4n) is 2.98. The second-order valence-electron chi connectivity index (χ2n) is 6.70. The van der Waals surface area contributed by atoms with E-state index in [9.17, 15) is 18.8 Å². The van der Waals surface area contributed by atoms with Gasteiger partial charge in [0.05, 0.1) is 12.0 Å². The quantitative estimate of drug-likeness (QED) is 0.473. The molecule has 0 spiro atoms. The van der Waals surface area contributed by atoms with Gasteiger partial charge >= 0.3 is 5.97 Å². The van der Waals surface area contributed by atoms with E-state index in [2.05, 4.69) is 10.3 Å². The molecular weight excluding hydrogens is 429 g/mol. The van der Waals surface area contributed by atoms with Gasteiger partial charge in [0.15, 0.2) is 6.10 Å². The van der Waals surface area contributed by atoms with Crippen molar-refractivity contribution in [3.05, 3.63) is 70.0 Å². The first-order valence-corrected chi connectivity index (χ1v) is 9.53. The minimum Gasteiger partial charge on any atom is -0.451 e. The van der Waals surface area contributed by atoms with Crippen LogP contribution in [0, 0.1) is 5.82 Å². The summed E-state index contributed by atoms with van der Waals surface area (Å²) < 4.78 is 25.5. The van der Waals surface area contributed by atoms with E-state index in [1.54, 1.807) is 24.3 Å². The van der Waals surface area contributed by atoms with Crippen LogP contribution >= 0.6 is 11.6 Å². The Labute approximate surface area is 179 Å². The normalized spacial score (nSPS) is 12.1. The lowest BCUT2D eigenvalue weighted by Gasteiger charge is -2.14. The Kier molecular flexibility index (Phi) is 5.43. The van der Waals surface area contributed by atoms with Gasteiger partial charge < -0.3 is 14.5 Å². The van der Waals surface area contributed by atoms with Crippen molar-refractivity contribution in [2.75, 3.05) is 5.32 Å². The predicted octanol–water partition coefficient (Wildman–Crippen LogP) is 3.51. The summed E-state index contributed by atoms with van der Waals surface area (Å²) in [6, 6.07) is 10.8. The van der Waals surface area contributed by atoms with Crippen LogP contribution in [0.4, 0.5) is 10.1 Å². The monoisotopic (exact) mass is 443 g/mol. The van der Waals surface area contributed by atoms with Crippen molar-refractivity contribution in [1.29, 1.82) is 0 Å². The summed E-state index contributed by atoms with van der Waals surface area (Å²) >= 11 is 5.67. The van der Waals surface area contributed by atoms with Crippen molar-refractivity contribution in [3.8, 4) is 0 Å². The molecule has 0 radical (unpaired) electrons. The van der Waals surface area contributed by atoms with Crippen molar-refractivity contribution < 1.29 is 23.1 Å². The van der Waals surface area contributed by atoms with E-state index in [4.69, 9.17) is 20.8 Å². The number of carbonyl (C=O) groups excluding carboxylic acids is 2. The Morgan fingerprint density at radius 2 is 2.06 bits per heavy atom. The number of amides is 1. The number of halogens is 2. The molecule has 4 aromatic rings. The van der Waals surface area contributed by atoms with E-state index >= 15 is 0 Å². The van der Waals surface area contributed by atoms with Gasteiger partial charge in [0.1, 0.15) is 23.5 Å². The van der Waals surface area contributed by atoms with Crippen molar-refractivity contribution in [3.63, 3.8) is 0 Å². The van der Waals surface area contributed by atoms with Gasteiger partial charge in [-0.15, -0.1) is 0 Å². The molecule has 1 amide bonds. The van der Waals surface area contributed by atoms with Gasteiger partial charge in [-0.1, -0.05) is 23.7 Å². The molecule has 0 saturated carbocycles. The third-order valence-electron chi connectivity index (χ3n) is 4.52. The maximum Gasteiger partial charge on any atom is 0.326 e. The Morgan fingerprint density at radius 3 is 2.84 bits per heavy atom. The summed E-state index contributed by atoms with van der Waals surface area (Å²) in [5, 5.41) is 3.17. The topological polar surface area (TPSA) is 103 Å². The highest BCUT2D eigenvalue weighted by Crippen LogP contribution is 2.24. The highest BCUT2D eigenvalue weighted by molar-refractivity contribution is 6.30. The molecule has 0 aliphatic heterocycles. The number of benzene rings is 2. The lowest BCUT2D eigenvalue weighted by Crippen LogP contribution is -2.33. The van der Waals surface area contributed by atoms with Gasteiger partial charge in [-0.3, -0.25) is 19.0 Å². The lowest BCUT2D eigenvalue weighted by atomic mass is 10.2. The Morgan fingerprint density at radius 1 is 1.29 bits per heavy atom. The second-order valence-corrected chi connectivity index (χ2v) is 7.14. The Hall–Kier alpha value is -3.72. The average Bonchev–Trinajstić information content (AvgIpc) is 3.11. The molecule has 0 aliphatic rings. The number of esters is 1. The molecule has 2 aromatic heterocycles. The zero-order valence-corrected chi connectivity index (χ0v) is 16.9. The number of nitrogens with one attached hydrogen (secondary N) is 1. The summed E-state index contributed by atoms with van der Waals surface area (Å²) in [5.41, 5.74) is 0.247. The number of ether oxygens (including phenoxy) is 1. The Bertz CT molecular complexity index is 1380. The first-order valence-electron chi connectivity index (χ1n) is 9.15. The summed E-state index contributed by atoms with van der Waals surface area (Å²) in [7, 11) is 0. The molecule has 31 heavy (non-hydrogen) atoms. The minimum atomic E-state index is -1.24. The van der Waals surface area contributed by atoms with Crippen LogP contribution in [0.5, 0.6) is 0 Å². The lowest BCUT2D eigenvalue weighted by molar-refractivity contribution is -0.153. The number of carbonyl (C=O) groups is 2. The maximum absolute atomic E-state index is 13.8. The van der Waals surface area contributed by atoms with Gasteiger partial charge in [0.2, 0.25) is 5.58 Å². The molecular formula is C21H15ClFN3O5. The van der Waals surface area contributed by atoms with Gasteiger partial charge in [-0.05, 0) is 37.3 Å². The van der Waals surface area contributed by atoms with Crippen LogP contribution in [-0.2, 0) is 20.9 Å². The molecule has 2 aromatic carbocycles. The average molecular weight is 444 g/mol. The molecule has 158 valence electrons. The number of hydrogen-bond acceptors (Lipinski definition) is 6. The van der Waals surface area contributed by atoms with E-state index in [-0.39, 0.29) is 16.3 Å². The van der Waals surface area contributed by atoms with Gasteiger partial charge in [-0.2, -0.15) is 0 Å². The number of furan rings is 1.